The molecule has 0 unspecified atom stereocenters. The molecule has 0 bridgehead atoms. The van der Waals surface area contributed by atoms with E-state index in [0.29, 0.717) is 18.2 Å². The van der Waals surface area contributed by atoms with Crippen molar-refractivity contribution >= 4 is 27.2 Å². The Hall–Kier alpha value is -2.18. The van der Waals surface area contributed by atoms with Gasteiger partial charge < -0.3 is 10.3 Å². The summed E-state index contributed by atoms with van der Waals surface area (Å²) in [6, 6.07) is 1.31. The minimum atomic E-state index is -3.69. The number of aromatic amines is 1. The van der Waals surface area contributed by atoms with Crippen LogP contribution in [0, 0.1) is 0 Å². The van der Waals surface area contributed by atoms with Crippen molar-refractivity contribution in [1.82, 2.24) is 19.3 Å². The lowest BCUT2D eigenvalue weighted by Gasteiger charge is -2.30. The molecule has 3 rings (SSSR count). The van der Waals surface area contributed by atoms with Gasteiger partial charge in [-0.2, -0.15) is 17.7 Å². The lowest BCUT2D eigenvalue weighted by molar-refractivity contribution is 0.148. The van der Waals surface area contributed by atoms with Gasteiger partial charge in [0, 0.05) is 42.7 Å². The van der Waals surface area contributed by atoms with E-state index in [4.69, 9.17) is 5.14 Å². The number of fused-ring (bicyclic) bond motifs is 1. The Morgan fingerprint density at radius 3 is 2.69 bits per heavy atom. The number of anilines is 1. The average molecular weight is 388 g/mol. The molecule has 4 N–H and O–H groups in total. The third-order valence-electron chi connectivity index (χ3n) is 4.19. The van der Waals surface area contributed by atoms with E-state index in [-0.39, 0.29) is 36.3 Å². The smallest absolute Gasteiger partial charge is 0.276 e. The summed E-state index contributed by atoms with van der Waals surface area (Å²) in [5, 5.41) is 8.64. The third kappa shape index (κ3) is 4.31. The lowest BCUT2D eigenvalue weighted by atomic mass is 10.1. The fraction of sp³-hybridized carbons (Fsp3) is 0.500. The zero-order valence-corrected chi connectivity index (χ0v) is 14.5. The van der Waals surface area contributed by atoms with Crippen LogP contribution >= 0.6 is 0 Å². The highest BCUT2D eigenvalue weighted by molar-refractivity contribution is 7.86. The van der Waals surface area contributed by atoms with E-state index in [9.17, 15) is 22.0 Å². The monoisotopic (exact) mass is 388 g/mol. The van der Waals surface area contributed by atoms with Crippen molar-refractivity contribution < 1.29 is 17.2 Å². The maximum absolute atomic E-state index is 12.5. The molecule has 0 saturated carbocycles. The van der Waals surface area contributed by atoms with Crippen LogP contribution in [0.5, 0.6) is 0 Å². The summed E-state index contributed by atoms with van der Waals surface area (Å²) in [5.41, 5.74) is -0.386. The lowest BCUT2D eigenvalue weighted by Crippen LogP contribution is -2.45. The molecule has 2 aromatic heterocycles. The molecule has 9 nitrogen and oxygen atoms in total. The highest BCUT2D eigenvalue weighted by Gasteiger charge is 2.25. The van der Waals surface area contributed by atoms with Crippen molar-refractivity contribution in [3.05, 3.63) is 28.2 Å². The quantitative estimate of drug-likeness (QED) is 0.670. The molecule has 1 saturated heterocycles. The van der Waals surface area contributed by atoms with Gasteiger partial charge in [0.1, 0.15) is 5.65 Å². The normalized spacial score (nSPS) is 17.1. The number of halogens is 2. The minimum Gasteiger partial charge on any atom is -0.351 e. The molecule has 2 aromatic rings. The maximum atomic E-state index is 12.5. The van der Waals surface area contributed by atoms with Crippen LogP contribution in [0.3, 0.4) is 0 Å². The van der Waals surface area contributed by atoms with Crippen LogP contribution in [0.1, 0.15) is 18.4 Å². The van der Waals surface area contributed by atoms with Crippen LogP contribution in [0.15, 0.2) is 17.1 Å². The zero-order valence-electron chi connectivity index (χ0n) is 13.7. The first kappa shape index (κ1) is 18.6. The first-order chi connectivity index (χ1) is 12.2. The highest BCUT2D eigenvalue weighted by Crippen LogP contribution is 2.17. The number of pyridine rings is 1. The number of rotatable bonds is 5. The SMILES string of the molecule is NS(=O)(=O)N1CCC(Nc2ncc3cc(CC(F)F)c(=O)[nH]c3n2)CC1. The van der Waals surface area contributed by atoms with Gasteiger partial charge in [0.05, 0.1) is 0 Å². The predicted molar refractivity (Wildman–Crippen MR) is 91.2 cm³/mol. The molecule has 1 aliphatic rings. The number of hydrogen-bond acceptors (Lipinski definition) is 6. The summed E-state index contributed by atoms with van der Waals surface area (Å²) in [5.74, 6) is 0.267. The molecule has 0 amide bonds. The molecule has 0 spiro atoms. The van der Waals surface area contributed by atoms with Gasteiger partial charge >= 0.3 is 0 Å². The van der Waals surface area contributed by atoms with Crippen molar-refractivity contribution in [1.29, 1.82) is 0 Å². The Bertz CT molecular complexity index is 957. The summed E-state index contributed by atoms with van der Waals surface area (Å²) in [6.07, 6.45) is -0.745. The van der Waals surface area contributed by atoms with Gasteiger partial charge in [-0.3, -0.25) is 4.79 Å². The van der Waals surface area contributed by atoms with E-state index >= 15 is 0 Å². The number of nitrogens with one attached hydrogen (secondary N) is 2. The fourth-order valence-electron chi connectivity index (χ4n) is 2.86. The van der Waals surface area contributed by atoms with E-state index in [1.165, 1.54) is 16.6 Å². The second-order valence-corrected chi connectivity index (χ2v) is 7.63. The van der Waals surface area contributed by atoms with Crippen molar-refractivity contribution in [2.75, 3.05) is 18.4 Å². The second kappa shape index (κ2) is 7.21. The molecule has 0 radical (unpaired) electrons. The topological polar surface area (TPSA) is 134 Å². The van der Waals surface area contributed by atoms with Gasteiger partial charge in [-0.25, -0.2) is 18.9 Å². The van der Waals surface area contributed by atoms with Gasteiger partial charge in [0.15, 0.2) is 0 Å². The standard InChI is InChI=1S/C14H18F2N6O3S/c15-11(16)6-8-5-9-7-18-14(21-12(9)20-13(8)23)19-10-1-3-22(4-2-10)26(17,24)25/h5,7,10-11H,1-4,6H2,(H2,17,24,25)(H2,18,19,20,21,23). The first-order valence-corrected chi connectivity index (χ1v) is 9.44. The Morgan fingerprint density at radius 1 is 1.38 bits per heavy atom. The van der Waals surface area contributed by atoms with Crippen LogP contribution in [0.25, 0.3) is 11.0 Å². The number of hydrogen-bond donors (Lipinski definition) is 3. The van der Waals surface area contributed by atoms with Gasteiger partial charge in [-0.15, -0.1) is 0 Å². The number of piperidine rings is 1. The average Bonchev–Trinajstić information content (AvgIpc) is 2.55. The Kier molecular flexibility index (Phi) is 5.16. The molecular formula is C14H18F2N6O3S. The highest BCUT2D eigenvalue weighted by atomic mass is 32.2. The Morgan fingerprint density at radius 2 is 2.08 bits per heavy atom. The van der Waals surface area contributed by atoms with Crippen molar-refractivity contribution in [3.8, 4) is 0 Å². The van der Waals surface area contributed by atoms with E-state index in [0.717, 1.165) is 0 Å². The van der Waals surface area contributed by atoms with E-state index in [2.05, 4.69) is 20.3 Å². The maximum Gasteiger partial charge on any atom is 0.276 e. The van der Waals surface area contributed by atoms with Gasteiger partial charge in [-0.05, 0) is 18.9 Å². The molecule has 142 valence electrons. The second-order valence-electron chi connectivity index (χ2n) is 6.08. The van der Waals surface area contributed by atoms with Gasteiger partial charge in [-0.1, -0.05) is 0 Å². The summed E-state index contributed by atoms with van der Waals surface area (Å²) >= 11 is 0. The number of nitrogens with two attached hydrogens (primary N) is 1. The van der Waals surface area contributed by atoms with Crippen LogP contribution in [-0.2, 0) is 16.6 Å². The largest absolute Gasteiger partial charge is 0.351 e. The van der Waals surface area contributed by atoms with Crippen LogP contribution in [0.2, 0.25) is 0 Å². The van der Waals surface area contributed by atoms with Gasteiger partial charge in [0.2, 0.25) is 12.4 Å². The Balaban J connectivity index is 1.73. The summed E-state index contributed by atoms with van der Waals surface area (Å²) in [6.45, 7) is 0.579. The molecule has 26 heavy (non-hydrogen) atoms. The molecule has 0 atom stereocenters. The predicted octanol–water partition coefficient (Wildman–Crippen LogP) is 0.206. The third-order valence-corrected chi connectivity index (χ3v) is 5.28. The Labute approximate surface area is 147 Å². The van der Waals surface area contributed by atoms with Gasteiger partial charge in [0.25, 0.3) is 15.8 Å². The zero-order chi connectivity index (χ0) is 18.9. The number of aromatic nitrogens is 3. The number of nitrogens with zero attached hydrogens (tertiary/aromatic N) is 3. The fourth-order valence-corrected chi connectivity index (χ4v) is 3.58. The molecule has 0 aliphatic carbocycles. The van der Waals surface area contributed by atoms with E-state index in [1.807, 2.05) is 0 Å². The number of H-pyrrole nitrogens is 1. The number of alkyl halides is 2. The molecule has 3 heterocycles. The molecule has 1 aliphatic heterocycles. The van der Waals surface area contributed by atoms with Crippen molar-refractivity contribution in [2.45, 2.75) is 31.7 Å². The van der Waals surface area contributed by atoms with Crippen molar-refractivity contribution in [3.63, 3.8) is 0 Å². The van der Waals surface area contributed by atoms with Crippen LogP contribution < -0.4 is 16.0 Å². The summed E-state index contributed by atoms with van der Waals surface area (Å²) in [7, 11) is -3.69. The minimum absolute atomic E-state index is 0.0211. The summed E-state index contributed by atoms with van der Waals surface area (Å²) in [4.78, 5) is 22.7. The van der Waals surface area contributed by atoms with E-state index < -0.39 is 28.6 Å². The van der Waals surface area contributed by atoms with E-state index in [1.54, 1.807) is 0 Å². The van der Waals surface area contributed by atoms with Crippen molar-refractivity contribution in [2.24, 2.45) is 5.14 Å². The molecule has 12 heteroatoms. The molecule has 1 fully saturated rings. The molecular weight excluding hydrogens is 370 g/mol. The molecule has 0 aromatic carbocycles. The first-order valence-electron chi connectivity index (χ1n) is 7.94. The summed E-state index contributed by atoms with van der Waals surface area (Å²) < 4.78 is 48.8. The van der Waals surface area contributed by atoms with Crippen LogP contribution in [-0.4, -0.2) is 53.2 Å². The van der Waals surface area contributed by atoms with Crippen LogP contribution in [0.4, 0.5) is 14.7 Å².